The zero-order chi connectivity index (χ0) is 45.4. The maximum atomic E-state index is 12.2. The highest BCUT2D eigenvalue weighted by molar-refractivity contribution is 6.35. The molecule has 2 aliphatic heterocycles. The molecule has 6 aromatic rings. The second kappa shape index (κ2) is 23.3. The Morgan fingerprint density at radius 1 is 0.672 bits per heavy atom. The van der Waals surface area contributed by atoms with Gasteiger partial charge in [-0.1, -0.05) is 58.2 Å². The van der Waals surface area contributed by atoms with Crippen molar-refractivity contribution in [1.29, 1.82) is 0 Å². The number of aromatic nitrogens is 4. The van der Waals surface area contributed by atoms with Crippen molar-refractivity contribution in [2.45, 2.75) is 37.8 Å². The molecule has 328 valence electrons. The van der Waals surface area contributed by atoms with Crippen molar-refractivity contribution in [2.24, 2.45) is 5.73 Å². The first kappa shape index (κ1) is 47.0. The van der Waals surface area contributed by atoms with Gasteiger partial charge in [0.1, 0.15) is 21.5 Å². The maximum absolute atomic E-state index is 12.2. The number of benzene rings is 2. The molecule has 0 radical (unpaired) electrons. The molecule has 64 heavy (non-hydrogen) atoms. The second-order valence-corrected chi connectivity index (χ2v) is 16.0. The third-order valence-electron chi connectivity index (χ3n) is 9.88. The largest absolute Gasteiger partial charge is 0.454 e. The molecule has 2 amide bonds. The van der Waals surface area contributed by atoms with E-state index >= 15 is 0 Å². The average molecular weight is 939 g/mol. The lowest BCUT2D eigenvalue weighted by molar-refractivity contribution is 0.246. The van der Waals surface area contributed by atoms with E-state index < -0.39 is 0 Å². The van der Waals surface area contributed by atoms with Crippen LogP contribution in [0, 0.1) is 24.7 Å². The van der Waals surface area contributed by atoms with Crippen molar-refractivity contribution in [3.63, 3.8) is 0 Å². The Morgan fingerprint density at radius 2 is 1.17 bits per heavy atom. The molecule has 0 unspecified atom stereocenters. The van der Waals surface area contributed by atoms with Gasteiger partial charge in [-0.05, 0) is 86.3 Å². The van der Waals surface area contributed by atoms with Gasteiger partial charge in [0.05, 0.1) is 27.6 Å². The first-order valence-corrected chi connectivity index (χ1v) is 21.6. The summed E-state index contributed by atoms with van der Waals surface area (Å²) in [4.78, 5) is 33.0. The number of hydrogen-bond donors (Lipinski definition) is 4. The Bertz CT molecular complexity index is 2580. The van der Waals surface area contributed by atoms with Crippen LogP contribution in [0.15, 0.2) is 110 Å². The smallest absolute Gasteiger partial charge is 0.319 e. The lowest BCUT2D eigenvalue weighted by atomic mass is 10.1. The van der Waals surface area contributed by atoms with Crippen LogP contribution in [0.4, 0.5) is 27.8 Å². The molecule has 13 nitrogen and oxygen atoms in total. The molecule has 2 aliphatic rings. The number of rotatable bonds is 8. The summed E-state index contributed by atoms with van der Waals surface area (Å²) >= 11 is 25.6. The fourth-order valence-electron chi connectivity index (χ4n) is 6.53. The minimum atomic E-state index is -0.249. The van der Waals surface area contributed by atoms with Crippen LogP contribution in [0.2, 0.25) is 20.1 Å². The summed E-state index contributed by atoms with van der Waals surface area (Å²) in [6.07, 6.45) is 24.0. The van der Waals surface area contributed by atoms with Gasteiger partial charge in [0.2, 0.25) is 0 Å². The van der Waals surface area contributed by atoms with Gasteiger partial charge < -0.3 is 41.4 Å². The van der Waals surface area contributed by atoms with Gasteiger partial charge in [0.25, 0.3) is 0 Å². The number of nitrogens with one attached hydrogen (secondary N) is 2. The highest BCUT2D eigenvalue weighted by atomic mass is 35.5. The monoisotopic (exact) mass is 936 g/mol. The first-order valence-electron chi connectivity index (χ1n) is 20.1. The number of nitrogen functional groups attached to an aromatic ring is 1. The number of halogens is 4. The minimum absolute atomic E-state index is 0.0459. The molecule has 6 heterocycles. The van der Waals surface area contributed by atoms with E-state index in [1.165, 1.54) is 0 Å². The first-order chi connectivity index (χ1) is 31.0. The number of nitrogens with zero attached hydrogens (tertiary/aromatic N) is 6. The zero-order valence-corrected chi connectivity index (χ0v) is 37.5. The van der Waals surface area contributed by atoms with Crippen LogP contribution in [-0.4, -0.2) is 64.2 Å². The summed E-state index contributed by atoms with van der Waals surface area (Å²) in [6, 6.07) is 20.9. The standard InChI is InChI=1S/C24H21Cl2N5O2.C18H17Cl2N3O.C5H6N2/c1-2-16-5-6-20(19(25)14-16)33-21-7-11-28-23(22(21)26)31-12-8-17(9-13-31)29-24(32)30-18-4-3-10-27-15-18;1-2-12-3-4-15(14(19)11-12)24-16-5-8-22-18(17(16)20)23-9-6-13(21)7-10-23;6-5-2-1-3-7-4-5/h1,3-7,10-11,14-15,17H,8-9,12-13H2,(H2,29,30,32);1,3-5,8,11,13H,6-7,9-10,21H2;1-4H,6H2. The van der Waals surface area contributed by atoms with E-state index in [-0.39, 0.29) is 18.1 Å². The number of carbonyl (C=O) groups is 1. The molecule has 17 heteroatoms. The lowest BCUT2D eigenvalue weighted by Crippen LogP contribution is -2.46. The van der Waals surface area contributed by atoms with Gasteiger partial charge in [-0.3, -0.25) is 9.97 Å². The maximum Gasteiger partial charge on any atom is 0.319 e. The number of piperidine rings is 2. The molecule has 0 saturated carbocycles. The van der Waals surface area contributed by atoms with E-state index in [1.54, 1.807) is 110 Å². The number of anilines is 4. The third kappa shape index (κ3) is 13.3. The molecule has 2 aromatic carbocycles. The minimum Gasteiger partial charge on any atom is -0.454 e. The van der Waals surface area contributed by atoms with Crippen molar-refractivity contribution >= 4 is 75.4 Å². The van der Waals surface area contributed by atoms with Crippen LogP contribution in [0.5, 0.6) is 23.0 Å². The van der Waals surface area contributed by atoms with E-state index in [1.807, 2.05) is 0 Å². The van der Waals surface area contributed by atoms with Gasteiger partial charge >= 0.3 is 6.03 Å². The predicted molar refractivity (Wildman–Crippen MR) is 257 cm³/mol. The van der Waals surface area contributed by atoms with Crippen LogP contribution in [0.25, 0.3) is 0 Å². The number of urea groups is 1. The SMILES string of the molecule is C#Cc1ccc(Oc2ccnc(N3CCC(N)CC3)c2Cl)c(Cl)c1.C#Cc1ccc(Oc2ccnc(N3CCC(NC(=O)Nc4cccnc4)CC3)c2Cl)c(Cl)c1.Nc1cccnc1. The van der Waals surface area contributed by atoms with Crippen LogP contribution < -0.4 is 41.4 Å². The van der Waals surface area contributed by atoms with Crippen molar-refractivity contribution in [3.05, 3.63) is 141 Å². The summed E-state index contributed by atoms with van der Waals surface area (Å²) in [7, 11) is 0. The fourth-order valence-corrected chi connectivity index (χ4v) is 7.50. The van der Waals surface area contributed by atoms with Crippen LogP contribution >= 0.6 is 46.4 Å². The molecule has 8 rings (SSSR count). The summed E-state index contributed by atoms with van der Waals surface area (Å²) < 4.78 is 11.8. The lowest BCUT2D eigenvalue weighted by Gasteiger charge is -2.33. The van der Waals surface area contributed by atoms with Crippen molar-refractivity contribution in [3.8, 4) is 47.7 Å². The normalized spacial score (nSPS) is 13.7. The topological polar surface area (TPSA) is 170 Å². The van der Waals surface area contributed by atoms with Gasteiger partial charge in [-0.25, -0.2) is 14.8 Å². The molecule has 4 aromatic heterocycles. The van der Waals surface area contributed by atoms with E-state index in [0.29, 0.717) is 90.3 Å². The molecular weight excluding hydrogens is 894 g/mol. The highest BCUT2D eigenvalue weighted by Crippen LogP contribution is 2.40. The molecule has 6 N–H and O–H groups in total. The van der Waals surface area contributed by atoms with Crippen molar-refractivity contribution < 1.29 is 14.3 Å². The number of nitrogens with two attached hydrogens (primary N) is 2. The molecular formula is C47H44Cl4N10O3. The Balaban J connectivity index is 0.000000191. The quantitative estimate of drug-likeness (QED) is 0.107. The number of amides is 2. The molecule has 2 fully saturated rings. The van der Waals surface area contributed by atoms with E-state index in [4.69, 9.17) is 80.2 Å². The average Bonchev–Trinajstić information content (AvgIpc) is 3.30. The molecule has 0 aliphatic carbocycles. The van der Waals surface area contributed by atoms with E-state index in [0.717, 1.165) is 38.8 Å². The van der Waals surface area contributed by atoms with Crippen LogP contribution in [0.3, 0.4) is 0 Å². The summed E-state index contributed by atoms with van der Waals surface area (Å²) in [5, 5.41) is 7.48. The van der Waals surface area contributed by atoms with Crippen molar-refractivity contribution in [1.82, 2.24) is 25.3 Å². The molecule has 0 atom stereocenters. The molecule has 2 saturated heterocycles. The third-order valence-corrected chi connectivity index (χ3v) is 11.2. The van der Waals surface area contributed by atoms with Crippen molar-refractivity contribution in [2.75, 3.05) is 47.0 Å². The molecule has 0 spiro atoms. The number of carbonyl (C=O) groups excluding carboxylic acids is 1. The Morgan fingerprint density at radius 3 is 1.59 bits per heavy atom. The highest BCUT2D eigenvalue weighted by Gasteiger charge is 2.25. The Labute approximate surface area is 392 Å². The van der Waals surface area contributed by atoms with Gasteiger partial charge in [-0.2, -0.15) is 0 Å². The second-order valence-electron chi connectivity index (χ2n) is 14.4. The van der Waals surface area contributed by atoms with Gasteiger partial charge in [0, 0.05) is 92.5 Å². The number of terminal acetylenes is 2. The summed E-state index contributed by atoms with van der Waals surface area (Å²) in [5.74, 6) is 8.31. The van der Waals surface area contributed by atoms with E-state index in [9.17, 15) is 4.79 Å². The number of pyridine rings is 4. The Kier molecular flexibility index (Phi) is 17.1. The zero-order valence-electron chi connectivity index (χ0n) is 34.4. The van der Waals surface area contributed by atoms with Gasteiger partial charge in [0.15, 0.2) is 23.1 Å². The van der Waals surface area contributed by atoms with Gasteiger partial charge in [-0.15, -0.1) is 12.8 Å². The summed E-state index contributed by atoms with van der Waals surface area (Å²) in [6.45, 7) is 3.03. The summed E-state index contributed by atoms with van der Waals surface area (Å²) in [5.41, 5.74) is 14.0. The Hall–Kier alpha value is -6.45. The van der Waals surface area contributed by atoms with Crippen LogP contribution in [-0.2, 0) is 0 Å². The molecule has 0 bridgehead atoms. The van der Waals surface area contributed by atoms with E-state index in [2.05, 4.69) is 52.2 Å². The number of ether oxygens (including phenoxy) is 2. The number of hydrogen-bond acceptors (Lipinski definition) is 11. The fraction of sp³-hybridized carbons (Fsp3) is 0.213. The van der Waals surface area contributed by atoms with Crippen LogP contribution in [0.1, 0.15) is 36.8 Å². The predicted octanol–water partition coefficient (Wildman–Crippen LogP) is 10.1.